The highest BCUT2D eigenvalue weighted by atomic mass is 19.4. The number of halogens is 3. The predicted molar refractivity (Wildman–Crippen MR) is 86.7 cm³/mol. The molecule has 1 aliphatic heterocycles. The Hall–Kier alpha value is -2.98. The molecule has 4 rings (SSSR count). The van der Waals surface area contributed by atoms with Gasteiger partial charge in [0, 0.05) is 31.7 Å². The van der Waals surface area contributed by atoms with Crippen molar-refractivity contribution in [1.29, 1.82) is 0 Å². The molecular formula is C15H15F3N8. The number of alkyl halides is 3. The Balaban J connectivity index is 1.34. The van der Waals surface area contributed by atoms with Crippen molar-refractivity contribution >= 4 is 17.4 Å². The zero-order valence-corrected chi connectivity index (χ0v) is 13.8. The highest BCUT2D eigenvalue weighted by Gasteiger charge is 2.33. The van der Waals surface area contributed by atoms with Crippen molar-refractivity contribution in [3.63, 3.8) is 0 Å². The number of hydrogen-bond donors (Lipinski definition) is 1. The lowest BCUT2D eigenvalue weighted by Crippen LogP contribution is -2.50. The van der Waals surface area contributed by atoms with Crippen molar-refractivity contribution in [2.75, 3.05) is 29.9 Å². The van der Waals surface area contributed by atoms with Gasteiger partial charge < -0.3 is 10.2 Å². The van der Waals surface area contributed by atoms with E-state index in [-0.39, 0.29) is 11.9 Å². The smallest absolute Gasteiger partial charge is 0.354 e. The van der Waals surface area contributed by atoms with Crippen LogP contribution in [0.4, 0.5) is 24.9 Å². The van der Waals surface area contributed by atoms with Crippen LogP contribution in [-0.4, -0.2) is 49.4 Å². The van der Waals surface area contributed by atoms with Crippen molar-refractivity contribution in [2.45, 2.75) is 13.1 Å². The maximum atomic E-state index is 12.7. The maximum Gasteiger partial charge on any atom is 0.433 e. The lowest BCUT2D eigenvalue weighted by Gasteiger charge is -2.40. The van der Waals surface area contributed by atoms with E-state index in [2.05, 4.69) is 35.5 Å². The van der Waals surface area contributed by atoms with Crippen LogP contribution in [0.15, 0.2) is 24.4 Å². The third-order valence-corrected chi connectivity index (χ3v) is 4.18. The topological polar surface area (TPSA) is 84.1 Å². The average Bonchev–Trinajstić information content (AvgIpc) is 2.94. The van der Waals surface area contributed by atoms with Crippen molar-refractivity contribution < 1.29 is 13.2 Å². The molecule has 0 aromatic carbocycles. The monoisotopic (exact) mass is 364 g/mol. The summed E-state index contributed by atoms with van der Waals surface area (Å²) in [5.74, 6) is 1.78. The molecule has 0 unspecified atom stereocenters. The first-order valence-electron chi connectivity index (χ1n) is 7.98. The molecule has 0 radical (unpaired) electrons. The number of fused-ring (bicyclic) bond motifs is 1. The molecule has 26 heavy (non-hydrogen) atoms. The molecule has 0 amide bonds. The van der Waals surface area contributed by atoms with Gasteiger partial charge in [-0.2, -0.15) is 17.7 Å². The first-order chi connectivity index (χ1) is 12.4. The molecule has 1 saturated heterocycles. The van der Waals surface area contributed by atoms with E-state index in [1.54, 1.807) is 4.52 Å². The van der Waals surface area contributed by atoms with E-state index in [1.807, 2.05) is 19.1 Å². The summed E-state index contributed by atoms with van der Waals surface area (Å²) in [6.45, 7) is 3.80. The van der Waals surface area contributed by atoms with Gasteiger partial charge in [-0.15, -0.1) is 15.3 Å². The number of nitrogens with one attached hydrogen (secondary N) is 1. The molecule has 0 bridgehead atoms. The van der Waals surface area contributed by atoms with Crippen molar-refractivity contribution in [3.05, 3.63) is 35.9 Å². The average molecular weight is 364 g/mol. The molecule has 1 aliphatic rings. The van der Waals surface area contributed by atoms with Crippen molar-refractivity contribution in [2.24, 2.45) is 5.92 Å². The molecule has 1 N–H and O–H groups in total. The minimum Gasteiger partial charge on any atom is -0.354 e. The van der Waals surface area contributed by atoms with E-state index in [4.69, 9.17) is 0 Å². The van der Waals surface area contributed by atoms with Crippen molar-refractivity contribution in [1.82, 2.24) is 29.8 Å². The molecule has 3 aromatic rings. The molecule has 8 nitrogen and oxygen atoms in total. The summed E-state index contributed by atoms with van der Waals surface area (Å²) in [7, 11) is 0. The summed E-state index contributed by atoms with van der Waals surface area (Å²) in [6, 6.07) is 4.58. The van der Waals surface area contributed by atoms with E-state index in [1.165, 1.54) is 0 Å². The number of nitrogens with zero attached hydrogens (tertiary/aromatic N) is 7. The summed E-state index contributed by atoms with van der Waals surface area (Å²) in [6.07, 6.45) is -3.37. The van der Waals surface area contributed by atoms with Gasteiger partial charge in [0.1, 0.15) is 11.5 Å². The zero-order chi connectivity index (χ0) is 18.3. The molecule has 11 heteroatoms. The third-order valence-electron chi connectivity index (χ3n) is 4.18. The second-order valence-electron chi connectivity index (χ2n) is 6.12. The van der Waals surface area contributed by atoms with Crippen LogP contribution in [0.3, 0.4) is 0 Å². The van der Waals surface area contributed by atoms with Gasteiger partial charge in [-0.1, -0.05) is 0 Å². The quantitative estimate of drug-likeness (QED) is 0.755. The maximum absolute atomic E-state index is 12.7. The molecule has 0 aliphatic carbocycles. The Morgan fingerprint density at radius 2 is 2.00 bits per heavy atom. The fourth-order valence-electron chi connectivity index (χ4n) is 2.78. The van der Waals surface area contributed by atoms with Crippen LogP contribution < -0.4 is 10.2 Å². The Kier molecular flexibility index (Phi) is 3.85. The largest absolute Gasteiger partial charge is 0.433 e. The van der Waals surface area contributed by atoms with Gasteiger partial charge in [0.25, 0.3) is 0 Å². The summed E-state index contributed by atoms with van der Waals surface area (Å²) >= 11 is 0. The zero-order valence-electron chi connectivity index (χ0n) is 13.8. The Morgan fingerprint density at radius 3 is 2.77 bits per heavy atom. The molecule has 4 heterocycles. The summed E-state index contributed by atoms with van der Waals surface area (Å²) in [4.78, 5) is 9.41. The minimum absolute atomic E-state index is 0.0158. The normalized spacial score (nSPS) is 15.3. The molecule has 3 aromatic heterocycles. The summed E-state index contributed by atoms with van der Waals surface area (Å²) < 4.78 is 39.6. The molecule has 1 fully saturated rings. The minimum atomic E-state index is -4.47. The van der Waals surface area contributed by atoms with Crippen molar-refractivity contribution in [3.8, 4) is 0 Å². The Morgan fingerprint density at radius 1 is 1.19 bits per heavy atom. The fraction of sp³-hybridized carbons (Fsp3) is 0.400. The second-order valence-corrected chi connectivity index (χ2v) is 6.12. The second kappa shape index (κ2) is 6.07. The molecule has 0 saturated carbocycles. The summed E-state index contributed by atoms with van der Waals surface area (Å²) in [5.41, 5.74) is -0.265. The highest BCUT2D eigenvalue weighted by Crippen LogP contribution is 2.28. The van der Waals surface area contributed by atoms with Gasteiger partial charge >= 0.3 is 6.18 Å². The number of rotatable bonds is 4. The van der Waals surface area contributed by atoms with Gasteiger partial charge in [-0.25, -0.2) is 9.97 Å². The van der Waals surface area contributed by atoms with Gasteiger partial charge in [0.05, 0.1) is 0 Å². The van der Waals surface area contributed by atoms with E-state index >= 15 is 0 Å². The standard InChI is InChI=1S/C15H15F3N8/c1-9-22-23-12-2-3-13(24-26(9)12)25-7-10(8-25)6-20-14-19-5-4-11(21-14)15(16,17)18/h2-5,10H,6-8H2,1H3,(H,19,20,21). The molecule has 0 spiro atoms. The number of aromatic nitrogens is 6. The van der Waals surface area contributed by atoms with Crippen LogP contribution >= 0.6 is 0 Å². The van der Waals surface area contributed by atoms with E-state index in [0.29, 0.717) is 18.0 Å². The first kappa shape index (κ1) is 16.5. The van der Waals surface area contributed by atoms with Gasteiger partial charge in [0.2, 0.25) is 5.95 Å². The molecule has 0 atom stereocenters. The van der Waals surface area contributed by atoms with E-state index in [0.717, 1.165) is 31.2 Å². The highest BCUT2D eigenvalue weighted by molar-refractivity contribution is 5.47. The van der Waals surface area contributed by atoms with Crippen LogP contribution in [0.5, 0.6) is 0 Å². The van der Waals surface area contributed by atoms with Crippen LogP contribution in [0.1, 0.15) is 11.5 Å². The number of aryl methyl sites for hydroxylation is 1. The molecule has 136 valence electrons. The lowest BCUT2D eigenvalue weighted by molar-refractivity contribution is -0.141. The summed E-state index contributed by atoms with van der Waals surface area (Å²) in [5, 5.41) is 15.3. The van der Waals surface area contributed by atoms with E-state index in [9.17, 15) is 13.2 Å². The first-order valence-corrected chi connectivity index (χ1v) is 7.98. The fourth-order valence-corrected chi connectivity index (χ4v) is 2.78. The Bertz CT molecular complexity index is 932. The van der Waals surface area contributed by atoms with Gasteiger partial charge in [-0.05, 0) is 25.1 Å². The van der Waals surface area contributed by atoms with Crippen LogP contribution in [0.2, 0.25) is 0 Å². The van der Waals surface area contributed by atoms with Crippen LogP contribution in [0, 0.1) is 12.8 Å². The Labute approximate surface area is 146 Å². The van der Waals surface area contributed by atoms with Crippen LogP contribution in [0.25, 0.3) is 5.65 Å². The van der Waals surface area contributed by atoms with Gasteiger partial charge in [-0.3, -0.25) is 0 Å². The van der Waals surface area contributed by atoms with E-state index < -0.39 is 11.9 Å². The van der Waals surface area contributed by atoms with Gasteiger partial charge in [0.15, 0.2) is 11.5 Å². The lowest BCUT2D eigenvalue weighted by atomic mass is 10.0. The SMILES string of the molecule is Cc1nnc2ccc(N3CC(CNc4nccc(C(F)(F)F)n4)C3)nn12. The predicted octanol–water partition coefficient (Wildman–Crippen LogP) is 1.79. The van der Waals surface area contributed by atoms with Crippen LogP contribution in [-0.2, 0) is 6.18 Å². The number of hydrogen-bond acceptors (Lipinski definition) is 7. The molecular weight excluding hydrogens is 349 g/mol. The number of anilines is 2. The third kappa shape index (κ3) is 3.11.